The highest BCUT2D eigenvalue weighted by atomic mass is 19.1. The molecule has 2 nitrogen and oxygen atoms in total. The Bertz CT molecular complexity index is 785. The average molecular weight is 359 g/mol. The molecule has 3 unspecified atom stereocenters. The van der Waals surface area contributed by atoms with Gasteiger partial charge in [-0.15, -0.1) is 0 Å². The van der Waals surface area contributed by atoms with E-state index in [-0.39, 0.29) is 23.6 Å². The first kappa shape index (κ1) is 20.3. The number of aliphatic hydroxyl groups is 1. The van der Waals surface area contributed by atoms with E-state index in [1.54, 1.807) is 38.1 Å². The Labute approximate surface area is 154 Å². The Balaban J connectivity index is 2.57. The lowest BCUT2D eigenvalue weighted by Gasteiger charge is -2.42. The standard InChI is InChI=1S/C22H27F2NO/c1-14(2)22(26,18-9-12-20(24)15(3)13-18)16(4)21(25(5)6)17-7-10-19(23)11-8-17/h7-13,16,21,26H,1H2,2-6H3. The van der Waals surface area contributed by atoms with Crippen molar-refractivity contribution in [3.63, 3.8) is 0 Å². The first-order valence-corrected chi connectivity index (χ1v) is 8.66. The quantitative estimate of drug-likeness (QED) is 0.736. The Kier molecular flexibility index (Phi) is 5.99. The fourth-order valence-electron chi connectivity index (χ4n) is 3.70. The second-order valence-corrected chi connectivity index (χ2v) is 7.26. The summed E-state index contributed by atoms with van der Waals surface area (Å²) in [6, 6.07) is 10.7. The van der Waals surface area contributed by atoms with Crippen LogP contribution >= 0.6 is 0 Å². The molecule has 0 saturated carbocycles. The molecule has 2 aromatic rings. The van der Waals surface area contributed by atoms with Gasteiger partial charge in [-0.3, -0.25) is 0 Å². The normalized spacial score (nSPS) is 16.2. The van der Waals surface area contributed by atoms with Crippen LogP contribution in [0.25, 0.3) is 0 Å². The molecule has 0 amide bonds. The Hall–Kier alpha value is -2.04. The molecule has 0 aliphatic heterocycles. The highest BCUT2D eigenvalue weighted by Crippen LogP contribution is 2.44. The van der Waals surface area contributed by atoms with Crippen molar-refractivity contribution in [2.75, 3.05) is 14.1 Å². The number of rotatable bonds is 6. The van der Waals surface area contributed by atoms with Crippen molar-refractivity contribution in [1.82, 2.24) is 4.90 Å². The zero-order chi connectivity index (χ0) is 19.6. The summed E-state index contributed by atoms with van der Waals surface area (Å²) < 4.78 is 27.1. The lowest BCUT2D eigenvalue weighted by molar-refractivity contribution is -0.0164. The molecule has 3 atom stereocenters. The average Bonchev–Trinajstić information content (AvgIpc) is 2.57. The van der Waals surface area contributed by atoms with Crippen molar-refractivity contribution in [3.8, 4) is 0 Å². The minimum absolute atomic E-state index is 0.192. The van der Waals surface area contributed by atoms with Crippen molar-refractivity contribution in [2.24, 2.45) is 5.92 Å². The molecule has 0 aliphatic carbocycles. The van der Waals surface area contributed by atoms with Gasteiger partial charge in [0.25, 0.3) is 0 Å². The number of halogens is 2. The third-order valence-corrected chi connectivity index (χ3v) is 5.15. The molecule has 140 valence electrons. The number of aryl methyl sites for hydroxylation is 1. The van der Waals surface area contributed by atoms with Crippen LogP contribution in [0.5, 0.6) is 0 Å². The Morgan fingerprint density at radius 1 is 1.12 bits per heavy atom. The smallest absolute Gasteiger partial charge is 0.126 e. The molecule has 0 heterocycles. The molecule has 0 aromatic heterocycles. The van der Waals surface area contributed by atoms with E-state index in [0.29, 0.717) is 16.7 Å². The van der Waals surface area contributed by atoms with Gasteiger partial charge >= 0.3 is 0 Å². The molecule has 2 rings (SSSR count). The van der Waals surface area contributed by atoms with E-state index in [0.717, 1.165) is 5.56 Å². The molecule has 0 aliphatic rings. The molecule has 0 spiro atoms. The molecule has 1 N–H and O–H groups in total. The molecule has 0 bridgehead atoms. The summed E-state index contributed by atoms with van der Waals surface area (Å²) in [5.41, 5.74) is 1.18. The first-order chi connectivity index (χ1) is 12.1. The van der Waals surface area contributed by atoms with E-state index in [4.69, 9.17) is 0 Å². The van der Waals surface area contributed by atoms with Gasteiger partial charge in [0, 0.05) is 12.0 Å². The van der Waals surface area contributed by atoms with E-state index >= 15 is 0 Å². The van der Waals surface area contributed by atoms with Gasteiger partial charge in [-0.1, -0.05) is 31.7 Å². The summed E-state index contributed by atoms with van der Waals surface area (Å²) in [5.74, 6) is -0.929. The van der Waals surface area contributed by atoms with E-state index in [2.05, 4.69) is 6.58 Å². The monoisotopic (exact) mass is 359 g/mol. The van der Waals surface area contributed by atoms with Crippen LogP contribution in [0.2, 0.25) is 0 Å². The summed E-state index contributed by atoms with van der Waals surface area (Å²) in [6.07, 6.45) is 0. The van der Waals surface area contributed by atoms with E-state index < -0.39 is 5.60 Å². The molecule has 0 fully saturated rings. The molecule has 26 heavy (non-hydrogen) atoms. The molecule has 4 heteroatoms. The molecule has 2 aromatic carbocycles. The first-order valence-electron chi connectivity index (χ1n) is 8.66. The molecular weight excluding hydrogens is 332 g/mol. The lowest BCUT2D eigenvalue weighted by Crippen LogP contribution is -2.42. The summed E-state index contributed by atoms with van der Waals surface area (Å²) >= 11 is 0. The third-order valence-electron chi connectivity index (χ3n) is 5.15. The largest absolute Gasteiger partial charge is 0.380 e. The van der Waals surface area contributed by atoms with Crippen LogP contribution in [-0.2, 0) is 5.60 Å². The van der Waals surface area contributed by atoms with E-state index in [1.165, 1.54) is 18.2 Å². The summed E-state index contributed by atoms with van der Waals surface area (Å²) in [4.78, 5) is 1.99. The van der Waals surface area contributed by atoms with Gasteiger partial charge in [-0.25, -0.2) is 8.78 Å². The molecular formula is C22H27F2NO. The van der Waals surface area contributed by atoms with Crippen molar-refractivity contribution < 1.29 is 13.9 Å². The lowest BCUT2D eigenvalue weighted by atomic mass is 9.72. The highest BCUT2D eigenvalue weighted by Gasteiger charge is 2.42. The Morgan fingerprint density at radius 2 is 1.69 bits per heavy atom. The van der Waals surface area contributed by atoms with Crippen molar-refractivity contribution in [1.29, 1.82) is 0 Å². The van der Waals surface area contributed by atoms with Gasteiger partial charge in [0.05, 0.1) is 0 Å². The van der Waals surface area contributed by atoms with Crippen LogP contribution in [0.3, 0.4) is 0 Å². The van der Waals surface area contributed by atoms with Crippen molar-refractivity contribution in [2.45, 2.75) is 32.4 Å². The van der Waals surface area contributed by atoms with Gasteiger partial charge in [-0.05, 0) is 74.5 Å². The van der Waals surface area contributed by atoms with Gasteiger partial charge in [-0.2, -0.15) is 0 Å². The minimum atomic E-state index is -1.36. The van der Waals surface area contributed by atoms with Crippen LogP contribution in [0.15, 0.2) is 54.6 Å². The topological polar surface area (TPSA) is 23.5 Å². The maximum atomic E-state index is 13.7. The summed E-state index contributed by atoms with van der Waals surface area (Å²) in [5, 5.41) is 11.7. The minimum Gasteiger partial charge on any atom is -0.380 e. The SMILES string of the molecule is C=C(C)C(O)(c1ccc(F)c(C)c1)C(C)C(c1ccc(F)cc1)N(C)C. The summed E-state index contributed by atoms with van der Waals surface area (Å²) in [6.45, 7) is 9.38. The van der Waals surface area contributed by atoms with Crippen LogP contribution < -0.4 is 0 Å². The second-order valence-electron chi connectivity index (χ2n) is 7.26. The van der Waals surface area contributed by atoms with Crippen molar-refractivity contribution >= 4 is 0 Å². The Morgan fingerprint density at radius 3 is 2.15 bits per heavy atom. The fraction of sp³-hybridized carbons (Fsp3) is 0.364. The number of benzene rings is 2. The highest BCUT2D eigenvalue weighted by molar-refractivity contribution is 5.37. The second kappa shape index (κ2) is 7.68. The number of hydrogen-bond acceptors (Lipinski definition) is 2. The summed E-state index contributed by atoms with van der Waals surface area (Å²) in [7, 11) is 3.83. The molecule has 0 saturated heterocycles. The third kappa shape index (κ3) is 3.71. The zero-order valence-corrected chi connectivity index (χ0v) is 16.1. The van der Waals surface area contributed by atoms with Crippen LogP contribution in [0.1, 0.15) is 36.6 Å². The van der Waals surface area contributed by atoms with Gasteiger partial charge in [0.1, 0.15) is 17.2 Å². The van der Waals surface area contributed by atoms with E-state index in [9.17, 15) is 13.9 Å². The number of nitrogens with zero attached hydrogens (tertiary/aromatic N) is 1. The van der Waals surface area contributed by atoms with Gasteiger partial charge in [0.15, 0.2) is 0 Å². The maximum Gasteiger partial charge on any atom is 0.126 e. The van der Waals surface area contributed by atoms with E-state index in [1.807, 2.05) is 25.9 Å². The van der Waals surface area contributed by atoms with Crippen molar-refractivity contribution in [3.05, 3.63) is 82.9 Å². The van der Waals surface area contributed by atoms with Gasteiger partial charge < -0.3 is 10.0 Å². The number of hydrogen-bond donors (Lipinski definition) is 1. The zero-order valence-electron chi connectivity index (χ0n) is 16.1. The molecule has 0 radical (unpaired) electrons. The maximum absolute atomic E-state index is 13.7. The fourth-order valence-corrected chi connectivity index (χ4v) is 3.70. The predicted molar refractivity (Wildman–Crippen MR) is 102 cm³/mol. The van der Waals surface area contributed by atoms with Crippen LogP contribution in [0.4, 0.5) is 8.78 Å². The van der Waals surface area contributed by atoms with Gasteiger partial charge in [0.2, 0.25) is 0 Å². The van der Waals surface area contributed by atoms with Crippen LogP contribution in [-0.4, -0.2) is 24.1 Å². The van der Waals surface area contributed by atoms with Crippen LogP contribution in [0, 0.1) is 24.5 Å². The predicted octanol–water partition coefficient (Wildman–Crippen LogP) is 4.98.